The fourth-order valence-corrected chi connectivity index (χ4v) is 10.7. The molecule has 2 atom stereocenters. The van der Waals surface area contributed by atoms with Crippen molar-refractivity contribution in [1.29, 1.82) is 0 Å². The molecule has 0 aromatic rings. The van der Waals surface area contributed by atoms with Gasteiger partial charge in [0.1, 0.15) is 13.2 Å². The molecule has 0 rings (SSSR count). The summed E-state index contributed by atoms with van der Waals surface area (Å²) in [5, 5.41) is 11.8. The van der Waals surface area contributed by atoms with E-state index in [2.05, 4.69) is 38.2 Å². The number of ether oxygens (including phenoxy) is 4. The second kappa shape index (κ2) is 63.8. The van der Waals surface area contributed by atoms with Gasteiger partial charge in [-0.15, -0.1) is 0 Å². The van der Waals surface area contributed by atoms with Crippen molar-refractivity contribution < 1.29 is 42.9 Å². The van der Waals surface area contributed by atoms with Crippen LogP contribution in [0.25, 0.3) is 0 Å². The lowest BCUT2D eigenvalue weighted by atomic mass is 10.0. The third-order valence-electron chi connectivity index (χ3n) is 16.2. The number of carbonyl (C=O) groups is 3. The minimum absolute atomic E-state index is 0.151. The van der Waals surface area contributed by atoms with Gasteiger partial charge in [0.15, 0.2) is 12.4 Å². The quantitative estimate of drug-likeness (QED) is 0.0195. The van der Waals surface area contributed by atoms with Crippen molar-refractivity contribution in [2.75, 3.05) is 47.5 Å². The van der Waals surface area contributed by atoms with Crippen LogP contribution in [0.3, 0.4) is 0 Å². The second-order valence-corrected chi connectivity index (χ2v) is 25.5. The van der Waals surface area contributed by atoms with Crippen molar-refractivity contribution in [3.05, 3.63) is 24.3 Å². The van der Waals surface area contributed by atoms with Crippen LogP contribution in [0.5, 0.6) is 0 Å². The van der Waals surface area contributed by atoms with Crippen LogP contribution in [0.1, 0.15) is 361 Å². The van der Waals surface area contributed by atoms with Gasteiger partial charge in [-0.1, -0.05) is 327 Å². The first-order valence-electron chi connectivity index (χ1n) is 35.5. The van der Waals surface area contributed by atoms with E-state index >= 15 is 0 Å². The summed E-state index contributed by atoms with van der Waals surface area (Å²) in [7, 11) is 5.94. The molecule has 9 heteroatoms. The van der Waals surface area contributed by atoms with Crippen molar-refractivity contribution in [1.82, 2.24) is 0 Å². The van der Waals surface area contributed by atoms with E-state index in [1.165, 1.54) is 289 Å². The number of allylic oxidation sites excluding steroid dienone is 4. The lowest BCUT2D eigenvalue weighted by molar-refractivity contribution is -0.870. The van der Waals surface area contributed by atoms with E-state index in [1.54, 1.807) is 0 Å². The Kier molecular flexibility index (Phi) is 62.0. The molecule has 0 aliphatic carbocycles. The van der Waals surface area contributed by atoms with Crippen molar-refractivity contribution >= 4 is 17.9 Å². The number of rotatable bonds is 67. The Morgan fingerprint density at radius 2 is 0.667 bits per heavy atom. The largest absolute Gasteiger partial charge is 0.545 e. The number of esters is 2. The van der Waals surface area contributed by atoms with E-state index in [0.717, 1.165) is 38.5 Å². The molecule has 0 saturated heterocycles. The number of hydrogen-bond donors (Lipinski definition) is 0. The molecule has 0 aromatic heterocycles. The van der Waals surface area contributed by atoms with Gasteiger partial charge >= 0.3 is 11.9 Å². The Labute approximate surface area is 503 Å². The fraction of sp³-hybridized carbons (Fsp3) is 0.903. The summed E-state index contributed by atoms with van der Waals surface area (Å²) in [6.07, 6.45) is 75.5. The maximum absolute atomic E-state index is 12.9. The average Bonchev–Trinajstić information content (AvgIpc) is 3.44. The minimum atomic E-state index is -1.62. The van der Waals surface area contributed by atoms with E-state index in [-0.39, 0.29) is 32.2 Å². The van der Waals surface area contributed by atoms with Gasteiger partial charge in [0, 0.05) is 12.8 Å². The Morgan fingerprint density at radius 1 is 0.370 bits per heavy atom. The number of hydrogen-bond acceptors (Lipinski definition) is 8. The molecule has 0 fully saturated rings. The minimum Gasteiger partial charge on any atom is -0.545 e. The van der Waals surface area contributed by atoms with Gasteiger partial charge in [0.25, 0.3) is 0 Å². The van der Waals surface area contributed by atoms with Gasteiger partial charge < -0.3 is 33.3 Å². The highest BCUT2D eigenvalue weighted by Gasteiger charge is 2.22. The Balaban J connectivity index is 4.04. The molecule has 0 heterocycles. The molecule has 0 spiro atoms. The molecule has 0 aromatic carbocycles. The zero-order chi connectivity index (χ0) is 59.1. The third kappa shape index (κ3) is 65.2. The lowest BCUT2D eigenvalue weighted by Gasteiger charge is -2.26. The molecular formula is C72H137NO8. The summed E-state index contributed by atoms with van der Waals surface area (Å²) >= 11 is 0. The molecule has 81 heavy (non-hydrogen) atoms. The summed E-state index contributed by atoms with van der Waals surface area (Å²) in [6, 6.07) is 0. The molecule has 0 bridgehead atoms. The lowest BCUT2D eigenvalue weighted by Crippen LogP contribution is -2.44. The van der Waals surface area contributed by atoms with Crippen LogP contribution >= 0.6 is 0 Å². The molecule has 9 nitrogen and oxygen atoms in total. The van der Waals surface area contributed by atoms with Gasteiger partial charge in [0.2, 0.25) is 0 Å². The van der Waals surface area contributed by atoms with E-state index in [0.29, 0.717) is 23.9 Å². The predicted octanol–water partition coefficient (Wildman–Crippen LogP) is 20.5. The van der Waals surface area contributed by atoms with Gasteiger partial charge in [-0.2, -0.15) is 0 Å². The molecule has 0 saturated carbocycles. The standard InChI is InChI=1S/C72H137NO8/c1-6-8-10-12-14-16-18-20-22-24-26-28-30-32-33-34-35-36-37-39-40-42-44-46-48-50-52-54-56-58-60-62-69(74)79-66-68(67-80-72(71(76)77)78-65-64-73(3,4)5)81-70(75)63-61-59-57-55-53-51-49-47-45-43-41-38-31-29-27-25-23-21-19-17-15-13-11-9-7-2/h19,21,25,27,68,72H,6-18,20,22-24,26,28-67H2,1-5H3/b21-19-,27-25-. The number of unbranched alkanes of at least 4 members (excludes halogenated alkanes) is 48. The Bertz CT molecular complexity index is 1380. The van der Waals surface area contributed by atoms with Crippen LogP contribution < -0.4 is 5.11 Å². The van der Waals surface area contributed by atoms with Crippen LogP contribution in [-0.2, 0) is 33.3 Å². The first-order valence-corrected chi connectivity index (χ1v) is 35.5. The molecule has 0 aliphatic heterocycles. The molecule has 0 amide bonds. The van der Waals surface area contributed by atoms with E-state index < -0.39 is 24.3 Å². The highest BCUT2D eigenvalue weighted by molar-refractivity contribution is 5.70. The SMILES string of the molecule is CCCCCCC/C=C\C/C=C\CCCCCCCCCCCCCCCC(=O)OC(COC(=O)CCCCCCCCCCCCCCCCCCCCCCCCCCCCCCCCC)COC(OCC[N+](C)(C)C)C(=O)[O-]. The zero-order valence-corrected chi connectivity index (χ0v) is 54.7. The number of quaternary nitrogens is 1. The summed E-state index contributed by atoms with van der Waals surface area (Å²) in [6.45, 7) is 4.81. The van der Waals surface area contributed by atoms with Crippen molar-refractivity contribution in [3.63, 3.8) is 0 Å². The van der Waals surface area contributed by atoms with Gasteiger partial charge in [-0.25, -0.2) is 0 Å². The van der Waals surface area contributed by atoms with Gasteiger partial charge in [-0.05, 0) is 44.9 Å². The smallest absolute Gasteiger partial charge is 0.306 e. The monoisotopic (exact) mass is 1140 g/mol. The van der Waals surface area contributed by atoms with Crippen LogP contribution in [0.4, 0.5) is 0 Å². The number of nitrogens with zero attached hydrogens (tertiary/aromatic N) is 1. The molecule has 0 radical (unpaired) electrons. The second-order valence-electron chi connectivity index (χ2n) is 25.5. The molecule has 0 N–H and O–H groups in total. The summed E-state index contributed by atoms with van der Waals surface area (Å²) in [4.78, 5) is 37.5. The van der Waals surface area contributed by atoms with Gasteiger partial charge in [0.05, 0.1) is 40.3 Å². The van der Waals surface area contributed by atoms with E-state index in [9.17, 15) is 19.5 Å². The normalized spacial score (nSPS) is 12.8. The highest BCUT2D eigenvalue weighted by atomic mass is 16.7. The van der Waals surface area contributed by atoms with Crippen LogP contribution in [0.15, 0.2) is 24.3 Å². The molecule has 478 valence electrons. The van der Waals surface area contributed by atoms with Crippen LogP contribution in [-0.4, -0.2) is 82.3 Å². The summed E-state index contributed by atoms with van der Waals surface area (Å²) in [5.41, 5.74) is 0. The number of aliphatic carboxylic acids is 1. The molecule has 2 unspecified atom stereocenters. The van der Waals surface area contributed by atoms with E-state index in [4.69, 9.17) is 18.9 Å². The van der Waals surface area contributed by atoms with Crippen molar-refractivity contribution in [2.24, 2.45) is 0 Å². The van der Waals surface area contributed by atoms with Crippen LogP contribution in [0.2, 0.25) is 0 Å². The Hall–Kier alpha value is -2.23. The van der Waals surface area contributed by atoms with Crippen molar-refractivity contribution in [2.45, 2.75) is 373 Å². The number of likely N-dealkylation sites (N-methyl/N-ethyl adjacent to an activating group) is 1. The molecular weight excluding hydrogens is 1010 g/mol. The van der Waals surface area contributed by atoms with E-state index in [1.807, 2.05) is 21.1 Å². The topological polar surface area (TPSA) is 111 Å². The maximum atomic E-state index is 12.9. The number of carbonyl (C=O) groups excluding carboxylic acids is 3. The maximum Gasteiger partial charge on any atom is 0.306 e. The number of carboxylic acids is 1. The zero-order valence-electron chi connectivity index (χ0n) is 54.7. The number of carboxylic acid groups (broad SMARTS) is 1. The highest BCUT2D eigenvalue weighted by Crippen LogP contribution is 2.19. The van der Waals surface area contributed by atoms with Crippen LogP contribution in [0, 0.1) is 0 Å². The Morgan fingerprint density at radius 3 is 0.975 bits per heavy atom. The first-order chi connectivity index (χ1) is 39.6. The predicted molar refractivity (Wildman–Crippen MR) is 343 cm³/mol. The fourth-order valence-electron chi connectivity index (χ4n) is 10.7. The van der Waals surface area contributed by atoms with Gasteiger partial charge in [-0.3, -0.25) is 9.59 Å². The average molecular weight is 1140 g/mol. The molecule has 0 aliphatic rings. The summed E-state index contributed by atoms with van der Waals surface area (Å²) < 4.78 is 22.8. The first kappa shape index (κ1) is 78.8. The summed E-state index contributed by atoms with van der Waals surface area (Å²) in [5.74, 6) is -2.25. The van der Waals surface area contributed by atoms with Crippen molar-refractivity contribution in [3.8, 4) is 0 Å². The third-order valence-corrected chi connectivity index (χ3v) is 16.2.